The van der Waals surface area contributed by atoms with Crippen molar-refractivity contribution in [3.05, 3.63) is 74.9 Å². The number of ether oxygens (including phenoxy) is 2. The van der Waals surface area contributed by atoms with Crippen molar-refractivity contribution in [1.82, 2.24) is 5.32 Å². The maximum Gasteiger partial charge on any atom is 0.256 e. The Labute approximate surface area is 189 Å². The first-order valence-corrected chi connectivity index (χ1v) is 11.0. The average Bonchev–Trinajstić information content (AvgIpc) is 3.20. The molecule has 3 aromatic rings. The van der Waals surface area contributed by atoms with Crippen LogP contribution in [-0.4, -0.2) is 13.0 Å². The van der Waals surface area contributed by atoms with Crippen LogP contribution in [0.3, 0.4) is 0 Å². The smallest absolute Gasteiger partial charge is 0.256 e. The van der Waals surface area contributed by atoms with E-state index in [1.165, 1.54) is 18.2 Å². The van der Waals surface area contributed by atoms with Gasteiger partial charge in [0.05, 0.1) is 17.7 Å². The number of halogens is 2. The van der Waals surface area contributed by atoms with Gasteiger partial charge in [0.1, 0.15) is 35.1 Å². The molecule has 0 unspecified atom stereocenters. The minimum absolute atomic E-state index is 0.000136. The van der Waals surface area contributed by atoms with E-state index in [1.807, 2.05) is 24.3 Å². The number of nitrogens with one attached hydrogen (secondary N) is 2. The lowest BCUT2D eigenvalue weighted by Crippen LogP contribution is -2.37. The molecule has 1 aliphatic heterocycles. The first kappa shape index (κ1) is 21.5. The minimum atomic E-state index is -0.499. The topological polar surface area (TPSA) is 59.6 Å². The van der Waals surface area contributed by atoms with Gasteiger partial charge in [-0.2, -0.15) is 0 Å². The van der Waals surface area contributed by atoms with E-state index < -0.39 is 5.82 Å². The Kier molecular flexibility index (Phi) is 6.07. The first-order chi connectivity index (χ1) is 14.9. The number of amides is 1. The predicted molar refractivity (Wildman–Crippen MR) is 121 cm³/mol. The van der Waals surface area contributed by atoms with Crippen LogP contribution in [0.2, 0.25) is 5.02 Å². The van der Waals surface area contributed by atoms with Crippen LogP contribution >= 0.6 is 22.9 Å². The number of methoxy groups -OCH3 is 1. The Balaban J connectivity index is 1.56. The van der Waals surface area contributed by atoms with Gasteiger partial charge in [-0.3, -0.25) is 4.79 Å². The van der Waals surface area contributed by atoms with Crippen molar-refractivity contribution in [3.8, 4) is 11.5 Å². The Hall–Kier alpha value is -2.77. The number of carbonyl (C=O) groups is 1. The Morgan fingerprint density at radius 2 is 1.97 bits per heavy atom. The molecule has 0 saturated heterocycles. The molecule has 31 heavy (non-hydrogen) atoms. The van der Waals surface area contributed by atoms with Crippen molar-refractivity contribution >= 4 is 33.8 Å². The summed E-state index contributed by atoms with van der Waals surface area (Å²) in [5, 5.41) is 7.29. The number of hydrogen-bond donors (Lipinski definition) is 2. The predicted octanol–water partition coefficient (Wildman–Crippen LogP) is 6.11. The van der Waals surface area contributed by atoms with Gasteiger partial charge in [-0.15, -0.1) is 11.3 Å². The van der Waals surface area contributed by atoms with Crippen LogP contribution in [0, 0.1) is 5.82 Å². The second-order valence-corrected chi connectivity index (χ2v) is 9.02. The summed E-state index contributed by atoms with van der Waals surface area (Å²) in [7, 11) is 1.58. The number of carbonyl (C=O) groups excluding carboxylic acids is 1. The Morgan fingerprint density at radius 3 is 2.68 bits per heavy atom. The van der Waals surface area contributed by atoms with E-state index in [-0.39, 0.29) is 23.7 Å². The van der Waals surface area contributed by atoms with Crippen molar-refractivity contribution in [2.45, 2.75) is 32.5 Å². The number of benzene rings is 2. The number of hydrogen-bond acceptors (Lipinski definition) is 5. The highest BCUT2D eigenvalue weighted by Crippen LogP contribution is 2.38. The molecule has 0 saturated carbocycles. The van der Waals surface area contributed by atoms with Gasteiger partial charge < -0.3 is 20.1 Å². The van der Waals surface area contributed by atoms with Crippen LogP contribution in [-0.2, 0) is 6.61 Å². The van der Waals surface area contributed by atoms with Crippen LogP contribution in [0.4, 0.5) is 9.39 Å². The maximum atomic E-state index is 13.4. The fourth-order valence-electron chi connectivity index (χ4n) is 3.33. The molecule has 5 nitrogen and oxygen atoms in total. The summed E-state index contributed by atoms with van der Waals surface area (Å²) < 4.78 is 24.6. The van der Waals surface area contributed by atoms with Crippen molar-refractivity contribution in [2.24, 2.45) is 0 Å². The minimum Gasteiger partial charge on any atom is -0.496 e. The zero-order valence-electron chi connectivity index (χ0n) is 17.3. The van der Waals surface area contributed by atoms with Gasteiger partial charge in [0, 0.05) is 16.5 Å². The lowest BCUT2D eigenvalue weighted by Gasteiger charge is -2.26. The summed E-state index contributed by atoms with van der Waals surface area (Å²) in [5.41, 5.74) is 2.33. The Bertz CT molecular complexity index is 1130. The molecule has 1 atom stereocenters. The highest BCUT2D eigenvalue weighted by atomic mass is 35.5. The number of rotatable bonds is 6. The van der Waals surface area contributed by atoms with Crippen molar-refractivity contribution in [1.29, 1.82) is 0 Å². The first-order valence-electron chi connectivity index (χ1n) is 9.81. The van der Waals surface area contributed by atoms with Gasteiger partial charge in [-0.1, -0.05) is 31.5 Å². The maximum absolute atomic E-state index is 13.4. The number of anilines is 1. The SMILES string of the molecule is COc1ccc([C@@H]2NC(=O)c3cc(C(C)C)sc3N2)cc1COc1ccc(F)c(Cl)c1. The van der Waals surface area contributed by atoms with Crippen LogP contribution in [0.5, 0.6) is 11.5 Å². The fourth-order valence-corrected chi connectivity index (χ4v) is 4.59. The lowest BCUT2D eigenvalue weighted by atomic mass is 10.1. The molecule has 0 aliphatic carbocycles. The molecule has 2 N–H and O–H groups in total. The number of thiophene rings is 1. The molecule has 1 aliphatic rings. The van der Waals surface area contributed by atoms with Gasteiger partial charge in [-0.25, -0.2) is 4.39 Å². The van der Waals surface area contributed by atoms with Crippen LogP contribution < -0.4 is 20.1 Å². The van der Waals surface area contributed by atoms with Crippen molar-refractivity contribution in [2.75, 3.05) is 12.4 Å². The fraction of sp³-hybridized carbons (Fsp3) is 0.261. The van der Waals surface area contributed by atoms with E-state index >= 15 is 0 Å². The molecule has 1 aromatic heterocycles. The summed E-state index contributed by atoms with van der Waals surface area (Å²) in [4.78, 5) is 13.8. The Morgan fingerprint density at radius 1 is 1.16 bits per heavy atom. The third-order valence-corrected chi connectivity index (χ3v) is 6.70. The van der Waals surface area contributed by atoms with Gasteiger partial charge in [-0.05, 0) is 41.8 Å². The molecule has 0 radical (unpaired) electrons. The molecular formula is C23H22ClFN2O3S. The van der Waals surface area contributed by atoms with E-state index in [0.29, 0.717) is 23.0 Å². The average molecular weight is 461 g/mol. The van der Waals surface area contributed by atoms with E-state index in [2.05, 4.69) is 24.5 Å². The summed E-state index contributed by atoms with van der Waals surface area (Å²) in [5.74, 6) is 0.858. The molecule has 0 spiro atoms. The number of fused-ring (bicyclic) bond motifs is 1. The van der Waals surface area contributed by atoms with E-state index in [4.69, 9.17) is 21.1 Å². The molecule has 1 amide bonds. The van der Waals surface area contributed by atoms with Crippen LogP contribution in [0.25, 0.3) is 0 Å². The zero-order valence-corrected chi connectivity index (χ0v) is 18.9. The van der Waals surface area contributed by atoms with Crippen LogP contribution in [0.1, 0.15) is 52.3 Å². The van der Waals surface area contributed by atoms with Gasteiger partial charge in [0.2, 0.25) is 0 Å². The highest BCUT2D eigenvalue weighted by molar-refractivity contribution is 7.16. The second kappa shape index (κ2) is 8.77. The molecule has 162 valence electrons. The molecule has 2 aromatic carbocycles. The second-order valence-electron chi connectivity index (χ2n) is 7.53. The normalized spacial score (nSPS) is 15.3. The summed E-state index contributed by atoms with van der Waals surface area (Å²) in [6.07, 6.45) is -0.372. The standard InChI is InChI=1S/C23H22ClFN2O3S/c1-12(2)20-10-16-22(28)26-21(27-23(16)31-20)13-4-7-19(29-3)14(8-13)11-30-15-5-6-18(25)17(24)9-15/h4-10,12,21,27H,11H2,1-3H3,(H,26,28)/t21-/m1/s1. The highest BCUT2D eigenvalue weighted by Gasteiger charge is 2.28. The zero-order chi connectivity index (χ0) is 22.1. The molecular weight excluding hydrogens is 439 g/mol. The van der Waals surface area contributed by atoms with E-state index in [0.717, 1.165) is 21.0 Å². The van der Waals surface area contributed by atoms with Crippen molar-refractivity contribution < 1.29 is 18.7 Å². The summed E-state index contributed by atoms with van der Waals surface area (Å²) >= 11 is 7.43. The molecule has 4 rings (SSSR count). The summed E-state index contributed by atoms with van der Waals surface area (Å²) in [6.45, 7) is 4.41. The van der Waals surface area contributed by atoms with E-state index in [9.17, 15) is 9.18 Å². The van der Waals surface area contributed by atoms with Gasteiger partial charge >= 0.3 is 0 Å². The van der Waals surface area contributed by atoms with E-state index in [1.54, 1.807) is 18.4 Å². The van der Waals surface area contributed by atoms with Crippen molar-refractivity contribution in [3.63, 3.8) is 0 Å². The van der Waals surface area contributed by atoms with Gasteiger partial charge in [0.15, 0.2) is 0 Å². The third kappa shape index (κ3) is 4.48. The molecule has 8 heteroatoms. The summed E-state index contributed by atoms with van der Waals surface area (Å²) in [6, 6.07) is 11.8. The molecule has 0 fully saturated rings. The van der Waals surface area contributed by atoms with Crippen LogP contribution in [0.15, 0.2) is 42.5 Å². The van der Waals surface area contributed by atoms with Gasteiger partial charge in [0.25, 0.3) is 5.91 Å². The molecule has 2 heterocycles. The molecule has 0 bridgehead atoms. The lowest BCUT2D eigenvalue weighted by molar-refractivity contribution is 0.0936. The largest absolute Gasteiger partial charge is 0.496 e. The third-order valence-electron chi connectivity index (χ3n) is 5.04. The quantitative estimate of drug-likeness (QED) is 0.466. The monoisotopic (exact) mass is 460 g/mol.